The summed E-state index contributed by atoms with van der Waals surface area (Å²) in [4.78, 5) is 12.8. The summed E-state index contributed by atoms with van der Waals surface area (Å²) in [5, 5.41) is 2.75. The lowest BCUT2D eigenvalue weighted by Crippen LogP contribution is -2.37. The molecule has 0 unspecified atom stereocenters. The molecule has 0 aromatic heterocycles. The number of nitrogens with one attached hydrogen (secondary N) is 1. The van der Waals surface area contributed by atoms with E-state index in [0.717, 1.165) is 6.26 Å². The lowest BCUT2D eigenvalue weighted by molar-refractivity contribution is 0.102. The Morgan fingerprint density at radius 2 is 1.81 bits per heavy atom. The number of anilines is 2. The van der Waals surface area contributed by atoms with Crippen LogP contribution in [0.2, 0.25) is 0 Å². The maximum Gasteiger partial charge on any atom is 0.263 e. The molecule has 2 aromatic carbocycles. The molecule has 0 radical (unpaired) electrons. The second-order valence-electron chi connectivity index (χ2n) is 5.86. The Labute approximate surface area is 157 Å². The number of carbonyl (C=O) groups excluding carboxylic acids is 1. The van der Waals surface area contributed by atoms with Gasteiger partial charge in [-0.2, -0.15) is 0 Å². The fourth-order valence-corrected chi connectivity index (χ4v) is 3.79. The molecule has 0 saturated heterocycles. The number of nitrogens with zero attached hydrogens (tertiary/aromatic N) is 1. The van der Waals surface area contributed by atoms with E-state index in [4.69, 9.17) is 14.2 Å². The quantitative estimate of drug-likeness (QED) is 0.838. The second-order valence-corrected chi connectivity index (χ2v) is 7.76. The first-order valence-corrected chi connectivity index (χ1v) is 9.97. The number of sulfonamides is 1. The molecule has 2 aromatic rings. The van der Waals surface area contributed by atoms with E-state index in [2.05, 4.69) is 5.32 Å². The first-order chi connectivity index (χ1) is 12.8. The Bertz CT molecular complexity index is 952. The van der Waals surface area contributed by atoms with Crippen LogP contribution < -0.4 is 23.8 Å². The van der Waals surface area contributed by atoms with Gasteiger partial charge < -0.3 is 19.5 Å². The molecular formula is C18H20N2O6S. The van der Waals surface area contributed by atoms with Crippen LogP contribution in [-0.2, 0) is 10.0 Å². The van der Waals surface area contributed by atoms with Gasteiger partial charge >= 0.3 is 0 Å². The minimum absolute atomic E-state index is 0.212. The highest BCUT2D eigenvalue weighted by atomic mass is 32.2. The first kappa shape index (κ1) is 18.8. The average molecular weight is 392 g/mol. The predicted molar refractivity (Wildman–Crippen MR) is 102 cm³/mol. The summed E-state index contributed by atoms with van der Waals surface area (Å²) >= 11 is 0. The van der Waals surface area contributed by atoms with Crippen LogP contribution in [0.25, 0.3) is 0 Å². The standard InChI is InChI=1S/C18H20N2O6S/c1-24-15-5-4-6-16(25-2)17(15)18(21)19-12-7-8-14-13(11-12)20(9-10-26-14)27(3,22)23/h4-8,11H,9-10H2,1-3H3,(H,19,21). The van der Waals surface area contributed by atoms with Crippen LogP contribution in [0.15, 0.2) is 36.4 Å². The topological polar surface area (TPSA) is 94.2 Å². The van der Waals surface area contributed by atoms with E-state index < -0.39 is 15.9 Å². The zero-order chi connectivity index (χ0) is 19.6. The molecule has 0 spiro atoms. The smallest absolute Gasteiger partial charge is 0.263 e. The van der Waals surface area contributed by atoms with Crippen molar-refractivity contribution in [2.75, 3.05) is 43.2 Å². The highest BCUT2D eigenvalue weighted by Crippen LogP contribution is 2.36. The molecule has 144 valence electrons. The molecule has 0 fully saturated rings. The van der Waals surface area contributed by atoms with Crippen LogP contribution in [0.1, 0.15) is 10.4 Å². The van der Waals surface area contributed by atoms with Gasteiger partial charge in [-0.25, -0.2) is 8.42 Å². The van der Waals surface area contributed by atoms with Crippen LogP contribution in [0, 0.1) is 0 Å². The number of methoxy groups -OCH3 is 2. The van der Waals surface area contributed by atoms with Crippen molar-refractivity contribution in [1.82, 2.24) is 0 Å². The average Bonchev–Trinajstić information content (AvgIpc) is 2.65. The zero-order valence-electron chi connectivity index (χ0n) is 15.2. The normalized spacial score (nSPS) is 13.4. The van der Waals surface area contributed by atoms with E-state index in [1.54, 1.807) is 36.4 Å². The van der Waals surface area contributed by atoms with E-state index in [0.29, 0.717) is 28.6 Å². The van der Waals surface area contributed by atoms with E-state index >= 15 is 0 Å². The van der Waals surface area contributed by atoms with E-state index in [-0.39, 0.29) is 18.7 Å². The summed E-state index contributed by atoms with van der Waals surface area (Å²) in [5.74, 6) is 0.739. The van der Waals surface area contributed by atoms with Crippen molar-refractivity contribution in [2.45, 2.75) is 0 Å². The maximum absolute atomic E-state index is 12.8. The number of rotatable bonds is 5. The Morgan fingerprint density at radius 1 is 1.15 bits per heavy atom. The Kier molecular flexibility index (Phi) is 5.13. The van der Waals surface area contributed by atoms with Crippen LogP contribution in [-0.4, -0.2) is 48.0 Å². The highest BCUT2D eigenvalue weighted by Gasteiger charge is 2.26. The first-order valence-electron chi connectivity index (χ1n) is 8.12. The fraction of sp³-hybridized carbons (Fsp3) is 0.278. The molecule has 0 saturated carbocycles. The van der Waals surface area contributed by atoms with Crippen LogP contribution in [0.3, 0.4) is 0 Å². The van der Waals surface area contributed by atoms with Crippen LogP contribution in [0.5, 0.6) is 17.2 Å². The van der Waals surface area contributed by atoms with Crippen molar-refractivity contribution in [3.63, 3.8) is 0 Å². The van der Waals surface area contributed by atoms with Crippen molar-refractivity contribution >= 4 is 27.3 Å². The highest BCUT2D eigenvalue weighted by molar-refractivity contribution is 7.92. The van der Waals surface area contributed by atoms with Gasteiger partial charge in [0.2, 0.25) is 10.0 Å². The van der Waals surface area contributed by atoms with Gasteiger partial charge in [0.15, 0.2) is 0 Å². The zero-order valence-corrected chi connectivity index (χ0v) is 16.0. The van der Waals surface area contributed by atoms with Gasteiger partial charge in [0.1, 0.15) is 29.4 Å². The van der Waals surface area contributed by atoms with Gasteiger partial charge in [-0.15, -0.1) is 0 Å². The monoisotopic (exact) mass is 392 g/mol. The molecule has 0 aliphatic carbocycles. The maximum atomic E-state index is 12.8. The van der Waals surface area contributed by atoms with Crippen molar-refractivity contribution < 1.29 is 27.4 Å². The Hall–Kier alpha value is -2.94. The summed E-state index contributed by atoms with van der Waals surface area (Å²) in [6.45, 7) is 0.480. The lowest BCUT2D eigenvalue weighted by Gasteiger charge is -2.29. The van der Waals surface area contributed by atoms with Gasteiger partial charge in [-0.3, -0.25) is 9.10 Å². The molecule has 8 nitrogen and oxygen atoms in total. The van der Waals surface area contributed by atoms with E-state index in [1.807, 2.05) is 0 Å². The van der Waals surface area contributed by atoms with Crippen molar-refractivity contribution in [1.29, 1.82) is 0 Å². The number of carbonyl (C=O) groups is 1. The minimum atomic E-state index is -3.46. The Morgan fingerprint density at radius 3 is 2.41 bits per heavy atom. The largest absolute Gasteiger partial charge is 0.496 e. The van der Waals surface area contributed by atoms with E-state index in [1.165, 1.54) is 18.5 Å². The molecule has 0 bridgehead atoms. The second kappa shape index (κ2) is 7.36. The number of ether oxygens (including phenoxy) is 3. The van der Waals surface area contributed by atoms with Crippen LogP contribution in [0.4, 0.5) is 11.4 Å². The third kappa shape index (κ3) is 3.77. The molecule has 3 rings (SSSR count). The number of hydrogen-bond acceptors (Lipinski definition) is 6. The molecule has 1 aliphatic rings. The van der Waals surface area contributed by atoms with Gasteiger partial charge in [0, 0.05) is 5.69 Å². The van der Waals surface area contributed by atoms with Crippen molar-refractivity contribution in [3.8, 4) is 17.2 Å². The molecule has 1 amide bonds. The van der Waals surface area contributed by atoms with Gasteiger partial charge in [0.25, 0.3) is 5.91 Å². The van der Waals surface area contributed by atoms with Crippen molar-refractivity contribution in [3.05, 3.63) is 42.0 Å². The fourth-order valence-electron chi connectivity index (χ4n) is 2.88. The third-order valence-corrected chi connectivity index (χ3v) is 5.27. The summed E-state index contributed by atoms with van der Waals surface area (Å²) in [6, 6.07) is 9.86. The van der Waals surface area contributed by atoms with E-state index in [9.17, 15) is 13.2 Å². The number of amides is 1. The summed E-state index contributed by atoms with van der Waals surface area (Å²) in [6.07, 6.45) is 1.13. The SMILES string of the molecule is COc1cccc(OC)c1C(=O)Nc1ccc2c(c1)N(S(C)(=O)=O)CCO2. The molecule has 1 N–H and O–H groups in total. The number of fused-ring (bicyclic) bond motifs is 1. The minimum Gasteiger partial charge on any atom is -0.496 e. The summed E-state index contributed by atoms with van der Waals surface area (Å²) in [5.41, 5.74) is 1.05. The molecule has 1 heterocycles. The van der Waals surface area contributed by atoms with Crippen LogP contribution >= 0.6 is 0 Å². The number of hydrogen-bond donors (Lipinski definition) is 1. The molecule has 9 heteroatoms. The number of benzene rings is 2. The van der Waals surface area contributed by atoms with Gasteiger partial charge in [-0.05, 0) is 30.3 Å². The molecule has 1 aliphatic heterocycles. The molecular weight excluding hydrogens is 372 g/mol. The predicted octanol–water partition coefficient (Wildman–Crippen LogP) is 2.11. The van der Waals surface area contributed by atoms with Gasteiger partial charge in [-0.1, -0.05) is 6.07 Å². The molecule has 27 heavy (non-hydrogen) atoms. The Balaban J connectivity index is 1.95. The van der Waals surface area contributed by atoms with Crippen molar-refractivity contribution in [2.24, 2.45) is 0 Å². The lowest BCUT2D eigenvalue weighted by atomic mass is 10.1. The summed E-state index contributed by atoms with van der Waals surface area (Å²) in [7, 11) is -0.529. The third-order valence-electron chi connectivity index (χ3n) is 4.09. The molecule has 0 atom stereocenters. The van der Waals surface area contributed by atoms with Gasteiger partial charge in [0.05, 0.1) is 32.7 Å². The summed E-state index contributed by atoms with van der Waals surface area (Å²) < 4.78 is 41.3.